The van der Waals surface area contributed by atoms with Gasteiger partial charge in [0.05, 0.1) is 12.1 Å². The molecule has 0 aliphatic carbocycles. The number of nitrogens with zero attached hydrogens (tertiary/aromatic N) is 3. The summed E-state index contributed by atoms with van der Waals surface area (Å²) in [4.78, 5) is 33.0. The Hall–Kier alpha value is -2.45. The Morgan fingerprint density at radius 1 is 1.15 bits per heavy atom. The fourth-order valence-corrected chi connectivity index (χ4v) is 3.57. The molecule has 0 saturated carbocycles. The number of amides is 3. The second-order valence-electron chi connectivity index (χ2n) is 6.84. The lowest BCUT2D eigenvalue weighted by molar-refractivity contribution is -0.115. The average Bonchev–Trinajstić information content (AvgIpc) is 3.06. The molecule has 2 aromatic rings. The van der Waals surface area contributed by atoms with Crippen molar-refractivity contribution in [2.45, 2.75) is 20.3 Å². The molecule has 8 heteroatoms. The van der Waals surface area contributed by atoms with E-state index < -0.39 is 0 Å². The van der Waals surface area contributed by atoms with Gasteiger partial charge in [0.1, 0.15) is 0 Å². The van der Waals surface area contributed by atoms with Crippen LogP contribution in [0.15, 0.2) is 23.6 Å². The molecular formula is C19H25N5O2S. The van der Waals surface area contributed by atoms with Gasteiger partial charge >= 0.3 is 6.03 Å². The van der Waals surface area contributed by atoms with Crippen molar-refractivity contribution >= 4 is 34.1 Å². The van der Waals surface area contributed by atoms with Gasteiger partial charge in [-0.15, -0.1) is 11.3 Å². The summed E-state index contributed by atoms with van der Waals surface area (Å²) in [5.41, 5.74) is 3.66. The van der Waals surface area contributed by atoms with E-state index in [-0.39, 0.29) is 18.4 Å². The molecule has 0 bridgehead atoms. The van der Waals surface area contributed by atoms with Crippen molar-refractivity contribution in [1.82, 2.24) is 14.8 Å². The predicted molar refractivity (Wildman–Crippen MR) is 108 cm³/mol. The first-order chi connectivity index (χ1) is 12.9. The largest absolute Gasteiger partial charge is 0.325 e. The van der Waals surface area contributed by atoms with Crippen molar-refractivity contribution in [3.63, 3.8) is 0 Å². The summed E-state index contributed by atoms with van der Waals surface area (Å²) < 4.78 is 0. The zero-order valence-corrected chi connectivity index (χ0v) is 16.7. The minimum Gasteiger partial charge on any atom is -0.325 e. The summed E-state index contributed by atoms with van der Waals surface area (Å²) in [7, 11) is 2.05. The van der Waals surface area contributed by atoms with E-state index in [2.05, 4.69) is 20.5 Å². The Morgan fingerprint density at radius 3 is 2.63 bits per heavy atom. The molecule has 1 fully saturated rings. The summed E-state index contributed by atoms with van der Waals surface area (Å²) in [6.45, 7) is 7.16. The van der Waals surface area contributed by atoms with Crippen LogP contribution >= 0.6 is 11.3 Å². The number of aromatic nitrogens is 1. The highest BCUT2D eigenvalue weighted by atomic mass is 32.1. The van der Waals surface area contributed by atoms with Crippen LogP contribution < -0.4 is 10.6 Å². The molecule has 7 nitrogen and oxygen atoms in total. The molecule has 27 heavy (non-hydrogen) atoms. The van der Waals surface area contributed by atoms with Crippen LogP contribution in [-0.4, -0.2) is 59.9 Å². The van der Waals surface area contributed by atoms with E-state index in [4.69, 9.17) is 0 Å². The molecular weight excluding hydrogens is 362 g/mol. The van der Waals surface area contributed by atoms with Crippen molar-refractivity contribution in [3.8, 4) is 0 Å². The third-order valence-electron chi connectivity index (χ3n) is 4.78. The summed E-state index contributed by atoms with van der Waals surface area (Å²) in [5, 5.41) is 8.09. The van der Waals surface area contributed by atoms with Gasteiger partial charge in [0.15, 0.2) is 5.13 Å². The van der Waals surface area contributed by atoms with Crippen molar-refractivity contribution in [3.05, 3.63) is 40.4 Å². The standard InChI is InChI=1S/C19H25N5O2S/c1-13-5-4-6-16(14(13)2)21-17(25)11-15-12-27-18(20-15)22-19(26)24-9-7-23(3)8-10-24/h4-6,12H,7-11H2,1-3H3,(H,21,25)(H,20,22,26). The van der Waals surface area contributed by atoms with Gasteiger partial charge in [-0.3, -0.25) is 10.1 Å². The number of rotatable bonds is 4. The molecule has 0 unspecified atom stereocenters. The first-order valence-electron chi connectivity index (χ1n) is 8.97. The van der Waals surface area contributed by atoms with E-state index in [1.54, 1.807) is 4.90 Å². The third kappa shape index (κ3) is 5.05. The van der Waals surface area contributed by atoms with Gasteiger partial charge in [-0.2, -0.15) is 0 Å². The van der Waals surface area contributed by atoms with Gasteiger partial charge < -0.3 is 15.1 Å². The molecule has 1 aliphatic rings. The average molecular weight is 388 g/mol. The van der Waals surface area contributed by atoms with Crippen molar-refractivity contribution in [2.75, 3.05) is 43.9 Å². The van der Waals surface area contributed by atoms with E-state index in [0.29, 0.717) is 23.9 Å². The monoisotopic (exact) mass is 387 g/mol. The maximum absolute atomic E-state index is 12.3. The summed E-state index contributed by atoms with van der Waals surface area (Å²) in [6, 6.07) is 5.69. The smallest absolute Gasteiger partial charge is 0.323 e. The highest BCUT2D eigenvalue weighted by Crippen LogP contribution is 2.20. The van der Waals surface area contributed by atoms with E-state index in [1.165, 1.54) is 11.3 Å². The summed E-state index contributed by atoms with van der Waals surface area (Å²) in [5.74, 6) is -0.119. The van der Waals surface area contributed by atoms with Crippen LogP contribution in [0.1, 0.15) is 16.8 Å². The second-order valence-corrected chi connectivity index (χ2v) is 7.69. The number of benzene rings is 1. The van der Waals surface area contributed by atoms with Crippen molar-refractivity contribution < 1.29 is 9.59 Å². The van der Waals surface area contributed by atoms with Crippen LogP contribution in [0.4, 0.5) is 15.6 Å². The van der Waals surface area contributed by atoms with Gasteiger partial charge in [-0.05, 0) is 38.1 Å². The highest BCUT2D eigenvalue weighted by Gasteiger charge is 2.20. The van der Waals surface area contributed by atoms with E-state index in [9.17, 15) is 9.59 Å². The fourth-order valence-electron chi connectivity index (χ4n) is 2.87. The lowest BCUT2D eigenvalue weighted by atomic mass is 10.1. The molecule has 2 heterocycles. The zero-order chi connectivity index (χ0) is 19.4. The van der Waals surface area contributed by atoms with Crippen LogP contribution in [0.3, 0.4) is 0 Å². The number of carbonyl (C=O) groups is 2. The lowest BCUT2D eigenvalue weighted by Crippen LogP contribution is -2.48. The predicted octanol–water partition coefficient (Wildman–Crippen LogP) is 2.72. The molecule has 1 saturated heterocycles. The van der Waals surface area contributed by atoms with Gasteiger partial charge in [-0.1, -0.05) is 12.1 Å². The Labute approximate surface area is 163 Å². The first-order valence-corrected chi connectivity index (χ1v) is 9.85. The highest BCUT2D eigenvalue weighted by molar-refractivity contribution is 7.13. The maximum Gasteiger partial charge on any atom is 0.323 e. The van der Waals surface area contributed by atoms with Crippen molar-refractivity contribution in [2.24, 2.45) is 0 Å². The minimum atomic E-state index is -0.135. The Bertz CT molecular complexity index is 827. The number of thiazole rings is 1. The molecule has 0 spiro atoms. The topological polar surface area (TPSA) is 77.6 Å². The number of hydrogen-bond acceptors (Lipinski definition) is 5. The molecule has 1 aromatic carbocycles. The van der Waals surface area contributed by atoms with Gasteiger partial charge in [-0.25, -0.2) is 9.78 Å². The van der Waals surface area contributed by atoms with Crippen LogP contribution in [-0.2, 0) is 11.2 Å². The lowest BCUT2D eigenvalue weighted by Gasteiger charge is -2.32. The maximum atomic E-state index is 12.3. The number of aryl methyl sites for hydroxylation is 1. The quantitative estimate of drug-likeness (QED) is 0.846. The normalized spacial score (nSPS) is 14.9. The van der Waals surface area contributed by atoms with E-state index >= 15 is 0 Å². The Kier molecular flexibility index (Phi) is 6.08. The van der Waals surface area contributed by atoms with Crippen LogP contribution in [0, 0.1) is 13.8 Å². The van der Waals surface area contributed by atoms with Gasteiger partial charge in [0.2, 0.25) is 5.91 Å². The molecule has 3 amide bonds. The molecule has 0 radical (unpaired) electrons. The van der Waals surface area contributed by atoms with E-state index in [0.717, 1.165) is 29.9 Å². The number of urea groups is 1. The van der Waals surface area contributed by atoms with Crippen LogP contribution in [0.2, 0.25) is 0 Å². The minimum absolute atomic E-state index is 0.119. The first kappa shape index (κ1) is 19.3. The number of likely N-dealkylation sites (N-methyl/N-ethyl adjacent to an activating group) is 1. The molecule has 3 rings (SSSR count). The van der Waals surface area contributed by atoms with Crippen molar-refractivity contribution in [1.29, 1.82) is 0 Å². The van der Waals surface area contributed by atoms with Gasteiger partial charge in [0.25, 0.3) is 0 Å². The molecule has 1 aromatic heterocycles. The number of anilines is 2. The number of nitrogens with one attached hydrogen (secondary N) is 2. The Morgan fingerprint density at radius 2 is 1.89 bits per heavy atom. The zero-order valence-electron chi connectivity index (χ0n) is 15.9. The van der Waals surface area contributed by atoms with Gasteiger partial charge in [0, 0.05) is 37.2 Å². The second kappa shape index (κ2) is 8.49. The number of piperazine rings is 1. The molecule has 144 valence electrons. The fraction of sp³-hybridized carbons (Fsp3) is 0.421. The van der Waals surface area contributed by atoms with Crippen LogP contribution in [0.5, 0.6) is 0 Å². The number of hydrogen-bond donors (Lipinski definition) is 2. The third-order valence-corrected chi connectivity index (χ3v) is 5.58. The SMILES string of the molecule is Cc1cccc(NC(=O)Cc2csc(NC(=O)N3CCN(C)CC3)n2)c1C. The summed E-state index contributed by atoms with van der Waals surface area (Å²) in [6.07, 6.45) is 0.175. The summed E-state index contributed by atoms with van der Waals surface area (Å²) >= 11 is 1.34. The number of carbonyl (C=O) groups excluding carboxylic acids is 2. The Balaban J connectivity index is 1.53. The molecule has 1 aliphatic heterocycles. The van der Waals surface area contributed by atoms with E-state index in [1.807, 2.05) is 44.5 Å². The molecule has 0 atom stereocenters. The van der Waals surface area contributed by atoms with Crippen LogP contribution in [0.25, 0.3) is 0 Å². The molecule has 2 N–H and O–H groups in total.